The Morgan fingerprint density at radius 2 is 1.26 bits per heavy atom. The minimum absolute atomic E-state index is 0.138. The smallest absolute Gasteiger partial charge is 0.128 e. The summed E-state index contributed by atoms with van der Waals surface area (Å²) in [6.07, 6.45) is 0. The fraction of sp³-hybridized carbons (Fsp3) is 0.0833. The predicted molar refractivity (Wildman–Crippen MR) is 110 cm³/mol. The summed E-state index contributed by atoms with van der Waals surface area (Å²) in [5.41, 5.74) is 2.46. The summed E-state index contributed by atoms with van der Waals surface area (Å²) >= 11 is 0. The highest BCUT2D eigenvalue weighted by Gasteiger charge is 2.42. The molecule has 4 aromatic carbocycles. The number of benzene rings is 4. The van der Waals surface area contributed by atoms with Crippen LogP contribution in [0.25, 0.3) is 21.9 Å². The fourth-order valence-electron chi connectivity index (χ4n) is 4.04. The van der Waals surface area contributed by atoms with Gasteiger partial charge in [0.1, 0.15) is 5.60 Å². The summed E-state index contributed by atoms with van der Waals surface area (Å²) in [6.45, 7) is 0. The normalized spacial score (nSPS) is 15.3. The lowest BCUT2D eigenvalue weighted by atomic mass is 9.94. The van der Waals surface area contributed by atoms with Gasteiger partial charge in [0.05, 0.1) is 16.6 Å². The van der Waals surface area contributed by atoms with Gasteiger partial charge in [-0.2, -0.15) is 0 Å². The molecule has 0 fully saturated rings. The van der Waals surface area contributed by atoms with Gasteiger partial charge in [-0.1, -0.05) is 78.9 Å². The van der Waals surface area contributed by atoms with Crippen molar-refractivity contribution in [2.75, 3.05) is 5.75 Å². The summed E-state index contributed by atoms with van der Waals surface area (Å²) in [6, 6.07) is 29.6. The Hall–Kier alpha value is -2.75. The van der Waals surface area contributed by atoms with E-state index in [-0.39, 0.29) is 5.75 Å². The van der Waals surface area contributed by atoms with Crippen molar-refractivity contribution in [3.63, 3.8) is 0 Å². The molecule has 2 nitrogen and oxygen atoms in total. The topological polar surface area (TPSA) is 37.3 Å². The van der Waals surface area contributed by atoms with Crippen molar-refractivity contribution in [2.45, 2.75) is 10.5 Å². The average Bonchev–Trinajstić information content (AvgIpc) is 2.97. The van der Waals surface area contributed by atoms with Gasteiger partial charge in [-0.25, -0.2) is 0 Å². The van der Waals surface area contributed by atoms with E-state index in [9.17, 15) is 9.32 Å². The molecule has 1 atom stereocenters. The van der Waals surface area contributed by atoms with Crippen LogP contribution in [0.3, 0.4) is 0 Å². The predicted octanol–water partition coefficient (Wildman–Crippen LogP) is 4.86. The Labute approximate surface area is 160 Å². The van der Waals surface area contributed by atoms with Crippen LogP contribution in [0.5, 0.6) is 0 Å². The van der Waals surface area contributed by atoms with Gasteiger partial charge in [0.25, 0.3) is 0 Å². The van der Waals surface area contributed by atoms with Gasteiger partial charge >= 0.3 is 0 Å². The monoisotopic (exact) mass is 370 g/mol. The SMILES string of the molecule is O=S(CC1(O)c2ccccc2-c2ccccc21)c1ccc2ccccc2c1. The molecule has 4 aromatic rings. The number of fused-ring (bicyclic) bond motifs is 4. The summed E-state index contributed by atoms with van der Waals surface area (Å²) in [5, 5.41) is 13.8. The van der Waals surface area contributed by atoms with Crippen LogP contribution in [-0.4, -0.2) is 15.1 Å². The average molecular weight is 370 g/mol. The van der Waals surface area contributed by atoms with E-state index in [0.717, 1.165) is 37.9 Å². The first-order valence-electron chi connectivity index (χ1n) is 8.96. The van der Waals surface area contributed by atoms with E-state index in [1.54, 1.807) is 0 Å². The van der Waals surface area contributed by atoms with Gasteiger partial charge in [0.15, 0.2) is 0 Å². The zero-order valence-corrected chi connectivity index (χ0v) is 15.4. The Bertz CT molecular complexity index is 1150. The molecular weight excluding hydrogens is 352 g/mol. The largest absolute Gasteiger partial charge is 0.379 e. The molecule has 27 heavy (non-hydrogen) atoms. The number of aliphatic hydroxyl groups is 1. The van der Waals surface area contributed by atoms with Crippen LogP contribution in [0.2, 0.25) is 0 Å². The van der Waals surface area contributed by atoms with Crippen LogP contribution in [0.15, 0.2) is 95.9 Å². The molecular formula is C24H18O2S. The summed E-state index contributed by atoms with van der Waals surface area (Å²) in [7, 11) is -1.33. The highest BCUT2D eigenvalue weighted by atomic mass is 32.2. The van der Waals surface area contributed by atoms with E-state index >= 15 is 0 Å². The van der Waals surface area contributed by atoms with Crippen molar-refractivity contribution in [3.05, 3.63) is 102 Å². The Balaban J connectivity index is 1.58. The zero-order chi connectivity index (χ0) is 18.4. The van der Waals surface area contributed by atoms with E-state index in [1.165, 1.54) is 0 Å². The standard InChI is InChI=1S/C24H18O2S/c25-24(16-27(26)19-14-13-17-7-1-2-8-18(17)15-19)22-11-5-3-9-20(22)21-10-4-6-12-23(21)24/h1-15,25H,16H2. The van der Waals surface area contributed by atoms with E-state index in [1.807, 2.05) is 91.0 Å². The van der Waals surface area contributed by atoms with Crippen LogP contribution < -0.4 is 0 Å². The fourth-order valence-corrected chi connectivity index (χ4v) is 5.38. The number of hydrogen-bond donors (Lipinski definition) is 1. The number of hydrogen-bond acceptors (Lipinski definition) is 2. The molecule has 0 spiro atoms. The second-order valence-corrected chi connectivity index (χ2v) is 8.40. The van der Waals surface area contributed by atoms with Crippen molar-refractivity contribution < 1.29 is 9.32 Å². The van der Waals surface area contributed by atoms with E-state index in [4.69, 9.17) is 0 Å². The molecule has 5 rings (SSSR count). The first kappa shape index (κ1) is 16.4. The third-order valence-corrected chi connectivity index (χ3v) is 6.82. The van der Waals surface area contributed by atoms with E-state index in [2.05, 4.69) is 0 Å². The van der Waals surface area contributed by atoms with Gasteiger partial charge in [-0.15, -0.1) is 0 Å². The molecule has 1 unspecified atom stereocenters. The molecule has 0 bridgehead atoms. The highest BCUT2D eigenvalue weighted by molar-refractivity contribution is 7.85. The maximum absolute atomic E-state index is 13.2. The lowest BCUT2D eigenvalue weighted by Gasteiger charge is -2.25. The Morgan fingerprint density at radius 3 is 1.93 bits per heavy atom. The molecule has 0 saturated carbocycles. The molecule has 1 aliphatic rings. The molecule has 0 amide bonds. The molecule has 1 aliphatic carbocycles. The quantitative estimate of drug-likeness (QED) is 0.559. The van der Waals surface area contributed by atoms with Gasteiger partial charge < -0.3 is 5.11 Å². The van der Waals surface area contributed by atoms with Gasteiger partial charge in [-0.05, 0) is 45.2 Å². The first-order chi connectivity index (χ1) is 13.2. The van der Waals surface area contributed by atoms with Crippen LogP contribution in [-0.2, 0) is 16.4 Å². The van der Waals surface area contributed by atoms with Gasteiger partial charge in [0.2, 0.25) is 0 Å². The second kappa shape index (κ2) is 6.15. The summed E-state index contributed by atoms with van der Waals surface area (Å²) in [5.74, 6) is 0.138. The van der Waals surface area contributed by atoms with Crippen molar-refractivity contribution in [1.82, 2.24) is 0 Å². The van der Waals surface area contributed by atoms with Crippen molar-refractivity contribution in [2.24, 2.45) is 0 Å². The van der Waals surface area contributed by atoms with Crippen LogP contribution >= 0.6 is 0 Å². The molecule has 132 valence electrons. The third-order valence-electron chi connectivity index (χ3n) is 5.36. The zero-order valence-electron chi connectivity index (χ0n) is 14.6. The van der Waals surface area contributed by atoms with Crippen LogP contribution in [0.1, 0.15) is 11.1 Å². The molecule has 0 heterocycles. The summed E-state index contributed by atoms with van der Waals surface area (Å²) in [4.78, 5) is 0.740. The molecule has 0 radical (unpaired) electrons. The van der Waals surface area contributed by atoms with Crippen molar-refractivity contribution in [3.8, 4) is 11.1 Å². The van der Waals surface area contributed by atoms with Gasteiger partial charge in [-0.3, -0.25) is 4.21 Å². The Kier molecular flexibility index (Phi) is 3.74. The third kappa shape index (κ3) is 2.54. The summed E-state index contributed by atoms with van der Waals surface area (Å²) < 4.78 is 13.2. The molecule has 3 heteroatoms. The van der Waals surface area contributed by atoms with Crippen molar-refractivity contribution in [1.29, 1.82) is 0 Å². The van der Waals surface area contributed by atoms with E-state index < -0.39 is 16.4 Å². The molecule has 0 aliphatic heterocycles. The lowest BCUT2D eigenvalue weighted by Crippen LogP contribution is -2.31. The van der Waals surface area contributed by atoms with Crippen LogP contribution in [0, 0.1) is 0 Å². The van der Waals surface area contributed by atoms with Crippen molar-refractivity contribution >= 4 is 21.6 Å². The molecule has 1 N–H and O–H groups in total. The van der Waals surface area contributed by atoms with E-state index in [0.29, 0.717) is 0 Å². The molecule has 0 saturated heterocycles. The Morgan fingerprint density at radius 1 is 0.704 bits per heavy atom. The number of rotatable bonds is 3. The second-order valence-electron chi connectivity index (χ2n) is 6.95. The first-order valence-corrected chi connectivity index (χ1v) is 10.3. The van der Waals surface area contributed by atoms with Gasteiger partial charge in [0, 0.05) is 4.90 Å². The maximum atomic E-state index is 13.2. The molecule has 0 aromatic heterocycles. The lowest BCUT2D eigenvalue weighted by molar-refractivity contribution is 0.111. The van der Waals surface area contributed by atoms with Crippen LogP contribution in [0.4, 0.5) is 0 Å². The highest BCUT2D eigenvalue weighted by Crippen LogP contribution is 2.47. The minimum atomic E-state index is -1.33. The maximum Gasteiger partial charge on any atom is 0.128 e. The minimum Gasteiger partial charge on any atom is -0.379 e.